The topological polar surface area (TPSA) is 72.9 Å². The number of nitrogens with zero attached hydrogens (tertiary/aromatic N) is 2. The van der Waals surface area contributed by atoms with Crippen LogP contribution in [-0.4, -0.2) is 52.1 Å². The summed E-state index contributed by atoms with van der Waals surface area (Å²) in [6.07, 6.45) is 1.65. The fourth-order valence-corrected chi connectivity index (χ4v) is 5.74. The standard InChI is InChI=1S/C25H29N3O3/c29-24(22-12-18-8-4-5-9-19(18)16-28(22)25(30)31)26-23-20-10-11-21(23)15-27(14-20)13-17-6-2-1-3-7-17/h1-9,20-23H,10-16H2,(H,26,29)(H,30,31). The third-order valence-electron chi connectivity index (χ3n) is 7.26. The predicted octanol–water partition coefficient (Wildman–Crippen LogP) is 3.12. The molecule has 1 saturated carbocycles. The Kier molecular flexibility index (Phi) is 5.40. The van der Waals surface area contributed by atoms with Gasteiger partial charge in [0.25, 0.3) is 0 Å². The molecule has 2 fully saturated rings. The molecule has 31 heavy (non-hydrogen) atoms. The van der Waals surface area contributed by atoms with E-state index in [-0.39, 0.29) is 18.5 Å². The largest absolute Gasteiger partial charge is 0.465 e. The summed E-state index contributed by atoms with van der Waals surface area (Å²) >= 11 is 0. The Bertz CT molecular complexity index is 949. The highest BCUT2D eigenvalue weighted by atomic mass is 16.4. The van der Waals surface area contributed by atoms with Crippen molar-refractivity contribution in [2.24, 2.45) is 11.8 Å². The number of benzene rings is 2. The Morgan fingerprint density at radius 2 is 1.58 bits per heavy atom. The molecule has 2 bridgehead atoms. The maximum atomic E-state index is 13.3. The average Bonchev–Trinajstić information content (AvgIpc) is 3.01. The summed E-state index contributed by atoms with van der Waals surface area (Å²) in [6, 6.07) is 17.8. The number of likely N-dealkylation sites (tertiary alicyclic amines) is 1. The highest BCUT2D eigenvalue weighted by Gasteiger charge is 2.44. The third kappa shape index (κ3) is 4.04. The van der Waals surface area contributed by atoms with E-state index in [0.29, 0.717) is 18.3 Å². The Labute approximate surface area is 182 Å². The first-order valence-electron chi connectivity index (χ1n) is 11.2. The van der Waals surface area contributed by atoms with Crippen LogP contribution in [0.2, 0.25) is 0 Å². The lowest BCUT2D eigenvalue weighted by molar-refractivity contribution is -0.128. The molecular weight excluding hydrogens is 390 g/mol. The Balaban J connectivity index is 1.26. The number of carboxylic acid groups (broad SMARTS) is 1. The summed E-state index contributed by atoms with van der Waals surface area (Å²) in [7, 11) is 0. The molecule has 2 aromatic carbocycles. The van der Waals surface area contributed by atoms with Crippen molar-refractivity contribution in [3.05, 3.63) is 71.3 Å². The number of carbonyl (C=O) groups is 2. The summed E-state index contributed by atoms with van der Waals surface area (Å²) in [6.45, 7) is 3.17. The van der Waals surface area contributed by atoms with Gasteiger partial charge in [0.15, 0.2) is 0 Å². The zero-order valence-electron chi connectivity index (χ0n) is 17.6. The molecule has 3 unspecified atom stereocenters. The summed E-state index contributed by atoms with van der Waals surface area (Å²) in [5.41, 5.74) is 3.38. The van der Waals surface area contributed by atoms with Crippen molar-refractivity contribution in [3.63, 3.8) is 0 Å². The van der Waals surface area contributed by atoms with Crippen LogP contribution in [0.15, 0.2) is 54.6 Å². The van der Waals surface area contributed by atoms with Crippen LogP contribution in [0.25, 0.3) is 0 Å². The molecular formula is C25H29N3O3. The van der Waals surface area contributed by atoms with Crippen LogP contribution < -0.4 is 5.32 Å². The summed E-state index contributed by atoms with van der Waals surface area (Å²) < 4.78 is 0. The minimum Gasteiger partial charge on any atom is -0.465 e. The van der Waals surface area contributed by atoms with E-state index < -0.39 is 12.1 Å². The molecule has 2 aromatic rings. The average molecular weight is 420 g/mol. The van der Waals surface area contributed by atoms with E-state index in [9.17, 15) is 14.7 Å². The second kappa shape index (κ2) is 8.35. The number of piperidine rings is 1. The van der Waals surface area contributed by atoms with Gasteiger partial charge < -0.3 is 10.4 Å². The Morgan fingerprint density at radius 3 is 2.26 bits per heavy atom. The van der Waals surface area contributed by atoms with Gasteiger partial charge >= 0.3 is 6.09 Å². The van der Waals surface area contributed by atoms with Crippen LogP contribution in [0.5, 0.6) is 0 Å². The Morgan fingerprint density at radius 1 is 0.935 bits per heavy atom. The molecule has 162 valence electrons. The summed E-state index contributed by atoms with van der Waals surface area (Å²) in [5.74, 6) is 0.719. The maximum absolute atomic E-state index is 13.3. The van der Waals surface area contributed by atoms with Crippen molar-refractivity contribution in [2.45, 2.75) is 44.4 Å². The zero-order valence-corrected chi connectivity index (χ0v) is 17.6. The number of hydrogen-bond acceptors (Lipinski definition) is 3. The zero-order chi connectivity index (χ0) is 21.4. The monoisotopic (exact) mass is 419 g/mol. The number of fused-ring (bicyclic) bond motifs is 3. The van der Waals surface area contributed by atoms with Gasteiger partial charge in [0.2, 0.25) is 5.91 Å². The van der Waals surface area contributed by atoms with Crippen LogP contribution in [0.1, 0.15) is 29.5 Å². The van der Waals surface area contributed by atoms with Crippen LogP contribution >= 0.6 is 0 Å². The molecule has 0 radical (unpaired) electrons. The van der Waals surface area contributed by atoms with Gasteiger partial charge in [-0.1, -0.05) is 54.6 Å². The molecule has 2 aliphatic heterocycles. The number of rotatable bonds is 4. The number of hydrogen-bond donors (Lipinski definition) is 2. The predicted molar refractivity (Wildman–Crippen MR) is 117 cm³/mol. The maximum Gasteiger partial charge on any atom is 0.408 e. The first kappa shape index (κ1) is 20.1. The SMILES string of the molecule is O=C(NC1C2CCC1CN(Cc1ccccc1)C2)C1Cc2ccccc2CN1C(=O)O. The van der Waals surface area contributed by atoms with Crippen molar-refractivity contribution < 1.29 is 14.7 Å². The fourth-order valence-electron chi connectivity index (χ4n) is 5.74. The summed E-state index contributed by atoms with van der Waals surface area (Å²) in [4.78, 5) is 28.9. The minimum atomic E-state index is -1.03. The molecule has 0 spiro atoms. The smallest absolute Gasteiger partial charge is 0.408 e. The normalized spacial score (nSPS) is 27.5. The first-order valence-corrected chi connectivity index (χ1v) is 11.2. The molecule has 3 atom stereocenters. The van der Waals surface area contributed by atoms with E-state index in [1.807, 2.05) is 30.3 Å². The van der Waals surface area contributed by atoms with E-state index in [4.69, 9.17) is 0 Å². The van der Waals surface area contributed by atoms with Gasteiger partial charge in [0, 0.05) is 32.1 Å². The molecule has 0 aromatic heterocycles. The van der Waals surface area contributed by atoms with Gasteiger partial charge in [0.05, 0.1) is 6.54 Å². The highest BCUT2D eigenvalue weighted by molar-refractivity contribution is 5.86. The lowest BCUT2D eigenvalue weighted by atomic mass is 9.90. The van der Waals surface area contributed by atoms with Crippen LogP contribution in [0, 0.1) is 11.8 Å². The number of amides is 2. The number of carbonyl (C=O) groups excluding carboxylic acids is 1. The minimum absolute atomic E-state index is 0.143. The van der Waals surface area contributed by atoms with Gasteiger partial charge in [0.1, 0.15) is 6.04 Å². The lowest BCUT2D eigenvalue weighted by Crippen LogP contribution is -2.58. The molecule has 5 rings (SSSR count). The molecule has 2 amide bonds. The van der Waals surface area contributed by atoms with E-state index in [1.54, 1.807) is 0 Å². The van der Waals surface area contributed by atoms with Gasteiger partial charge in [-0.3, -0.25) is 14.6 Å². The van der Waals surface area contributed by atoms with Gasteiger partial charge in [-0.15, -0.1) is 0 Å². The number of nitrogens with one attached hydrogen (secondary N) is 1. The molecule has 3 aliphatic rings. The second-order valence-corrected chi connectivity index (χ2v) is 9.21. The van der Waals surface area contributed by atoms with Crippen molar-refractivity contribution >= 4 is 12.0 Å². The molecule has 6 nitrogen and oxygen atoms in total. The first-order chi connectivity index (χ1) is 15.1. The third-order valence-corrected chi connectivity index (χ3v) is 7.26. The molecule has 1 aliphatic carbocycles. The van der Waals surface area contributed by atoms with Gasteiger partial charge in [-0.05, 0) is 41.4 Å². The van der Waals surface area contributed by atoms with Crippen LogP contribution in [0.3, 0.4) is 0 Å². The van der Waals surface area contributed by atoms with E-state index in [1.165, 1.54) is 10.5 Å². The molecule has 2 N–H and O–H groups in total. The van der Waals surface area contributed by atoms with E-state index in [2.05, 4.69) is 34.5 Å². The van der Waals surface area contributed by atoms with Crippen molar-refractivity contribution in [2.75, 3.05) is 13.1 Å². The van der Waals surface area contributed by atoms with Crippen molar-refractivity contribution in [1.29, 1.82) is 0 Å². The summed E-state index contributed by atoms with van der Waals surface area (Å²) in [5, 5.41) is 13.0. The fraction of sp³-hybridized carbons (Fsp3) is 0.440. The van der Waals surface area contributed by atoms with Gasteiger partial charge in [-0.25, -0.2) is 4.79 Å². The quantitative estimate of drug-likeness (QED) is 0.799. The Hall–Kier alpha value is -2.86. The second-order valence-electron chi connectivity index (χ2n) is 9.21. The van der Waals surface area contributed by atoms with Gasteiger partial charge in [-0.2, -0.15) is 0 Å². The highest BCUT2D eigenvalue weighted by Crippen LogP contribution is 2.38. The molecule has 2 heterocycles. The van der Waals surface area contributed by atoms with Crippen LogP contribution in [-0.2, 0) is 24.3 Å². The van der Waals surface area contributed by atoms with E-state index >= 15 is 0 Å². The van der Waals surface area contributed by atoms with E-state index in [0.717, 1.165) is 43.6 Å². The van der Waals surface area contributed by atoms with Crippen molar-refractivity contribution in [3.8, 4) is 0 Å². The lowest BCUT2D eigenvalue weighted by Gasteiger charge is -2.40. The van der Waals surface area contributed by atoms with Crippen LogP contribution in [0.4, 0.5) is 4.79 Å². The molecule has 1 saturated heterocycles. The van der Waals surface area contributed by atoms with Crippen molar-refractivity contribution in [1.82, 2.24) is 15.1 Å². The molecule has 6 heteroatoms.